The SMILES string of the molecule is CCn1ncc2c3[nH]c4cc(-c5ccccc5)nn4c(=O)c3cnc21. The third kappa shape index (κ3) is 1.92. The van der Waals surface area contributed by atoms with Crippen LogP contribution in [0.15, 0.2) is 53.6 Å². The van der Waals surface area contributed by atoms with Crippen molar-refractivity contribution in [3.8, 4) is 11.3 Å². The first-order valence-corrected chi connectivity index (χ1v) is 8.08. The van der Waals surface area contributed by atoms with Gasteiger partial charge in [-0.05, 0) is 6.92 Å². The van der Waals surface area contributed by atoms with Gasteiger partial charge in [0.1, 0.15) is 5.65 Å². The average molecular weight is 330 g/mol. The molecule has 0 amide bonds. The van der Waals surface area contributed by atoms with E-state index in [0.29, 0.717) is 11.0 Å². The summed E-state index contributed by atoms with van der Waals surface area (Å²) in [5.41, 5.74) is 3.67. The second-order valence-electron chi connectivity index (χ2n) is 5.87. The minimum atomic E-state index is -0.190. The van der Waals surface area contributed by atoms with Crippen molar-refractivity contribution in [2.75, 3.05) is 0 Å². The second kappa shape index (κ2) is 5.01. The molecular weight excluding hydrogens is 316 g/mol. The molecular formula is C18H14N6O. The van der Waals surface area contributed by atoms with Crippen LogP contribution >= 0.6 is 0 Å². The van der Waals surface area contributed by atoms with Crippen LogP contribution in [-0.2, 0) is 6.54 Å². The van der Waals surface area contributed by atoms with E-state index in [2.05, 4.69) is 20.2 Å². The molecule has 7 nitrogen and oxygen atoms in total. The van der Waals surface area contributed by atoms with E-state index in [1.807, 2.05) is 48.0 Å². The number of nitrogens with one attached hydrogen (secondary N) is 1. The highest BCUT2D eigenvalue weighted by Gasteiger charge is 2.14. The topological polar surface area (TPSA) is 80.9 Å². The summed E-state index contributed by atoms with van der Waals surface area (Å²) in [4.78, 5) is 20.6. The minimum Gasteiger partial charge on any atom is -0.339 e. The van der Waals surface area contributed by atoms with Crippen molar-refractivity contribution in [3.63, 3.8) is 0 Å². The number of hydrogen-bond donors (Lipinski definition) is 1. The van der Waals surface area contributed by atoms with Gasteiger partial charge in [-0.25, -0.2) is 9.67 Å². The maximum Gasteiger partial charge on any atom is 0.283 e. The zero-order chi connectivity index (χ0) is 17.0. The highest BCUT2D eigenvalue weighted by molar-refractivity contribution is 6.01. The summed E-state index contributed by atoms with van der Waals surface area (Å²) < 4.78 is 3.20. The Kier molecular flexibility index (Phi) is 2.79. The first kappa shape index (κ1) is 13.9. The summed E-state index contributed by atoms with van der Waals surface area (Å²) in [7, 11) is 0. The number of aryl methyl sites for hydroxylation is 1. The zero-order valence-corrected chi connectivity index (χ0v) is 13.5. The van der Waals surface area contributed by atoms with Crippen LogP contribution in [0.3, 0.4) is 0 Å². The van der Waals surface area contributed by atoms with Crippen molar-refractivity contribution in [1.29, 1.82) is 0 Å². The fraction of sp³-hybridized carbons (Fsp3) is 0.111. The highest BCUT2D eigenvalue weighted by atomic mass is 16.1. The molecule has 0 aliphatic heterocycles. The molecule has 1 N–H and O–H groups in total. The van der Waals surface area contributed by atoms with Gasteiger partial charge in [0.15, 0.2) is 5.65 Å². The van der Waals surface area contributed by atoms with E-state index >= 15 is 0 Å². The smallest absolute Gasteiger partial charge is 0.283 e. The largest absolute Gasteiger partial charge is 0.339 e. The molecule has 0 saturated carbocycles. The van der Waals surface area contributed by atoms with E-state index in [-0.39, 0.29) is 5.56 Å². The summed E-state index contributed by atoms with van der Waals surface area (Å²) in [5.74, 6) is 0. The van der Waals surface area contributed by atoms with Gasteiger partial charge in [-0.15, -0.1) is 0 Å². The molecule has 4 aromatic heterocycles. The third-order valence-electron chi connectivity index (χ3n) is 4.42. The zero-order valence-electron chi connectivity index (χ0n) is 13.5. The third-order valence-corrected chi connectivity index (χ3v) is 4.42. The van der Waals surface area contributed by atoms with E-state index in [1.165, 1.54) is 4.52 Å². The van der Waals surface area contributed by atoms with Crippen LogP contribution in [0.25, 0.3) is 38.8 Å². The van der Waals surface area contributed by atoms with Crippen LogP contribution in [0.5, 0.6) is 0 Å². The molecule has 0 atom stereocenters. The highest BCUT2D eigenvalue weighted by Crippen LogP contribution is 2.22. The normalized spacial score (nSPS) is 11.7. The number of fused-ring (bicyclic) bond motifs is 4. The molecule has 122 valence electrons. The van der Waals surface area contributed by atoms with Crippen LogP contribution in [0.2, 0.25) is 0 Å². The molecule has 0 aliphatic carbocycles. The van der Waals surface area contributed by atoms with Crippen molar-refractivity contribution < 1.29 is 0 Å². The molecule has 25 heavy (non-hydrogen) atoms. The number of nitrogens with zero attached hydrogens (tertiary/aromatic N) is 5. The Balaban J connectivity index is 1.86. The quantitative estimate of drug-likeness (QED) is 0.539. The molecule has 0 radical (unpaired) electrons. The molecule has 0 spiro atoms. The molecule has 5 aromatic rings. The van der Waals surface area contributed by atoms with E-state index < -0.39 is 0 Å². The lowest BCUT2D eigenvalue weighted by Crippen LogP contribution is -2.15. The van der Waals surface area contributed by atoms with Gasteiger partial charge < -0.3 is 4.98 Å². The van der Waals surface area contributed by atoms with Gasteiger partial charge in [-0.1, -0.05) is 30.3 Å². The Morgan fingerprint density at radius 1 is 1.12 bits per heavy atom. The number of H-pyrrole nitrogens is 1. The predicted octanol–water partition coefficient (Wildman–Crippen LogP) is 2.61. The van der Waals surface area contributed by atoms with Gasteiger partial charge in [0, 0.05) is 24.4 Å². The minimum absolute atomic E-state index is 0.190. The van der Waals surface area contributed by atoms with E-state index in [9.17, 15) is 4.79 Å². The van der Waals surface area contributed by atoms with Gasteiger partial charge in [0.05, 0.1) is 28.2 Å². The van der Waals surface area contributed by atoms with Crippen molar-refractivity contribution in [3.05, 3.63) is 59.1 Å². The van der Waals surface area contributed by atoms with Crippen LogP contribution in [-0.4, -0.2) is 29.4 Å². The number of rotatable bonds is 2. The van der Waals surface area contributed by atoms with Crippen LogP contribution in [0, 0.1) is 0 Å². The van der Waals surface area contributed by atoms with E-state index in [4.69, 9.17) is 0 Å². The van der Waals surface area contributed by atoms with E-state index in [1.54, 1.807) is 12.4 Å². The van der Waals surface area contributed by atoms with Crippen molar-refractivity contribution in [2.24, 2.45) is 0 Å². The van der Waals surface area contributed by atoms with Crippen LogP contribution in [0.1, 0.15) is 6.92 Å². The molecule has 5 rings (SSSR count). The summed E-state index contributed by atoms with van der Waals surface area (Å²) in [6.45, 7) is 2.73. The van der Waals surface area contributed by atoms with Gasteiger partial charge >= 0.3 is 0 Å². The predicted molar refractivity (Wildman–Crippen MR) is 95.5 cm³/mol. The maximum absolute atomic E-state index is 12.9. The Morgan fingerprint density at radius 3 is 2.76 bits per heavy atom. The number of benzene rings is 1. The van der Waals surface area contributed by atoms with E-state index in [0.717, 1.165) is 34.4 Å². The molecule has 4 heterocycles. The van der Waals surface area contributed by atoms with Crippen LogP contribution < -0.4 is 5.56 Å². The lowest BCUT2D eigenvalue weighted by Gasteiger charge is -2.02. The van der Waals surface area contributed by atoms with Gasteiger partial charge in [-0.2, -0.15) is 14.7 Å². The van der Waals surface area contributed by atoms with Gasteiger partial charge in [-0.3, -0.25) is 4.79 Å². The summed E-state index contributed by atoms with van der Waals surface area (Å²) >= 11 is 0. The van der Waals surface area contributed by atoms with Gasteiger partial charge in [0.25, 0.3) is 5.56 Å². The van der Waals surface area contributed by atoms with Crippen LogP contribution in [0.4, 0.5) is 0 Å². The van der Waals surface area contributed by atoms with Gasteiger partial charge in [0.2, 0.25) is 0 Å². The maximum atomic E-state index is 12.9. The Bertz CT molecular complexity index is 1300. The standard InChI is InChI=1S/C18H14N6O/c1-2-23-17-12(10-20-23)16-13(9-19-17)18(25)24-15(21-16)8-14(22-24)11-6-4-3-5-7-11/h3-10,21H,2H2,1H3. The Morgan fingerprint density at radius 2 is 1.96 bits per heavy atom. The number of aromatic amines is 1. The molecule has 0 saturated heterocycles. The number of aromatic nitrogens is 6. The fourth-order valence-electron chi connectivity index (χ4n) is 3.17. The molecule has 0 bridgehead atoms. The molecule has 0 aliphatic rings. The molecule has 0 unspecified atom stereocenters. The average Bonchev–Trinajstić information content (AvgIpc) is 3.26. The Labute approximate surface area is 141 Å². The Hall–Kier alpha value is -3.48. The summed E-state index contributed by atoms with van der Waals surface area (Å²) in [6, 6.07) is 11.7. The fourth-order valence-corrected chi connectivity index (χ4v) is 3.17. The number of pyridine rings is 1. The lowest BCUT2D eigenvalue weighted by molar-refractivity contribution is 0.677. The molecule has 7 heteroatoms. The monoisotopic (exact) mass is 330 g/mol. The first-order chi connectivity index (χ1) is 12.3. The summed E-state index contributed by atoms with van der Waals surface area (Å²) in [6.07, 6.45) is 3.34. The number of hydrogen-bond acceptors (Lipinski definition) is 4. The molecule has 0 fully saturated rings. The second-order valence-corrected chi connectivity index (χ2v) is 5.87. The first-order valence-electron chi connectivity index (χ1n) is 8.08. The van der Waals surface area contributed by atoms with Crippen molar-refractivity contribution in [1.82, 2.24) is 29.4 Å². The lowest BCUT2D eigenvalue weighted by atomic mass is 10.2. The summed E-state index contributed by atoms with van der Waals surface area (Å²) in [5, 5.41) is 10.1. The van der Waals surface area contributed by atoms with Crippen molar-refractivity contribution in [2.45, 2.75) is 13.5 Å². The molecule has 1 aromatic carbocycles. The van der Waals surface area contributed by atoms with Crippen molar-refractivity contribution >= 4 is 27.6 Å².